The van der Waals surface area contributed by atoms with Crippen LogP contribution < -0.4 is 26.0 Å². The van der Waals surface area contributed by atoms with Gasteiger partial charge < -0.3 is 26.0 Å². The first-order valence-electron chi connectivity index (χ1n) is 11.0. The number of carbonyl (C=O) groups excluding carboxylic acids is 1. The summed E-state index contributed by atoms with van der Waals surface area (Å²) >= 11 is 6.14. The lowest BCUT2D eigenvalue weighted by atomic mass is 9.97. The molecule has 0 aromatic heterocycles. The monoisotopic (exact) mass is 520 g/mol. The van der Waals surface area contributed by atoms with Gasteiger partial charge in [0, 0.05) is 17.7 Å². The molecule has 36 heavy (non-hydrogen) atoms. The Balaban J connectivity index is 1.42. The first kappa shape index (κ1) is 24.1. The molecular weight excluding hydrogens is 500 g/mol. The van der Waals surface area contributed by atoms with Crippen molar-refractivity contribution in [2.75, 3.05) is 21.3 Å². The molecular formula is C25H21ClF4N4O2. The van der Waals surface area contributed by atoms with Crippen LogP contribution in [0.15, 0.2) is 48.5 Å². The number of alkyl halides is 3. The highest BCUT2D eigenvalue weighted by atomic mass is 35.5. The molecule has 6 nitrogen and oxygen atoms in total. The van der Waals surface area contributed by atoms with Crippen LogP contribution in [-0.2, 0) is 12.6 Å². The largest absolute Gasteiger partial charge is 0.486 e. The molecule has 3 aromatic rings. The predicted octanol–water partition coefficient (Wildman–Crippen LogP) is 6.70. The Morgan fingerprint density at radius 2 is 1.83 bits per heavy atom. The van der Waals surface area contributed by atoms with Crippen molar-refractivity contribution in [1.29, 1.82) is 0 Å². The zero-order valence-electron chi connectivity index (χ0n) is 19.1. The van der Waals surface area contributed by atoms with E-state index in [2.05, 4.69) is 21.3 Å². The molecule has 5 rings (SSSR count). The van der Waals surface area contributed by atoms with Gasteiger partial charge in [0.2, 0.25) is 0 Å². The van der Waals surface area contributed by atoms with Gasteiger partial charge in [0.25, 0.3) is 5.91 Å². The molecule has 2 aliphatic rings. The Morgan fingerprint density at radius 3 is 2.50 bits per heavy atom. The fourth-order valence-electron chi connectivity index (χ4n) is 4.30. The lowest BCUT2D eigenvalue weighted by Gasteiger charge is -2.18. The Bertz CT molecular complexity index is 1360. The highest BCUT2D eigenvalue weighted by molar-refractivity contribution is 6.33. The SMILES string of the molecule is CC1(C)Cc2c3c(cc(C(=O)Nc4ccc(C(F)(F)F)cc4)c2O1)NC(Nc1ccc(F)cc1Cl)N3. The molecule has 0 saturated carbocycles. The summed E-state index contributed by atoms with van der Waals surface area (Å²) in [6.45, 7) is 3.79. The maximum atomic E-state index is 13.4. The van der Waals surface area contributed by atoms with Crippen molar-refractivity contribution in [3.8, 4) is 5.75 Å². The van der Waals surface area contributed by atoms with E-state index in [1.807, 2.05) is 13.8 Å². The van der Waals surface area contributed by atoms with E-state index in [1.54, 1.807) is 6.07 Å². The summed E-state index contributed by atoms with van der Waals surface area (Å²) in [4.78, 5) is 13.2. The molecule has 4 N–H and O–H groups in total. The number of anilines is 4. The number of fused-ring (bicyclic) bond motifs is 3. The fourth-order valence-corrected chi connectivity index (χ4v) is 4.52. The average Bonchev–Trinajstić information content (AvgIpc) is 3.33. The lowest BCUT2D eigenvalue weighted by molar-refractivity contribution is -0.137. The topological polar surface area (TPSA) is 74.4 Å². The van der Waals surface area contributed by atoms with Crippen LogP contribution in [0.2, 0.25) is 5.02 Å². The molecule has 2 aliphatic heterocycles. The van der Waals surface area contributed by atoms with Gasteiger partial charge in [0.1, 0.15) is 17.2 Å². The van der Waals surface area contributed by atoms with E-state index < -0.39 is 35.4 Å². The molecule has 1 amide bonds. The third-order valence-electron chi connectivity index (χ3n) is 5.89. The number of rotatable bonds is 4. The van der Waals surface area contributed by atoms with Crippen molar-refractivity contribution in [3.05, 3.63) is 76.1 Å². The van der Waals surface area contributed by atoms with Gasteiger partial charge in [-0.15, -0.1) is 0 Å². The Hall–Kier alpha value is -3.66. The number of ether oxygens (including phenoxy) is 1. The highest BCUT2D eigenvalue weighted by Gasteiger charge is 2.39. The first-order valence-corrected chi connectivity index (χ1v) is 11.4. The molecule has 0 saturated heterocycles. The van der Waals surface area contributed by atoms with Crippen LogP contribution in [0.4, 0.5) is 40.3 Å². The second kappa shape index (κ2) is 8.48. The minimum Gasteiger partial charge on any atom is -0.486 e. The second-order valence-electron chi connectivity index (χ2n) is 9.21. The zero-order chi connectivity index (χ0) is 25.8. The second-order valence-corrected chi connectivity index (χ2v) is 9.62. The van der Waals surface area contributed by atoms with E-state index in [0.29, 0.717) is 23.5 Å². The average molecular weight is 521 g/mol. The molecule has 1 unspecified atom stereocenters. The van der Waals surface area contributed by atoms with Crippen LogP contribution in [0.3, 0.4) is 0 Å². The minimum atomic E-state index is -4.47. The van der Waals surface area contributed by atoms with Gasteiger partial charge in [-0.1, -0.05) is 11.6 Å². The Labute approximate surface area is 209 Å². The normalized spacial score (nSPS) is 17.4. The molecule has 188 valence electrons. The van der Waals surface area contributed by atoms with Gasteiger partial charge in [0.05, 0.1) is 33.2 Å². The van der Waals surface area contributed by atoms with Crippen molar-refractivity contribution in [3.63, 3.8) is 0 Å². The summed E-state index contributed by atoms with van der Waals surface area (Å²) in [5.41, 5.74) is 1.75. The third kappa shape index (κ3) is 4.60. The van der Waals surface area contributed by atoms with Crippen molar-refractivity contribution in [2.24, 2.45) is 0 Å². The number of halogens is 5. The summed E-state index contributed by atoms with van der Waals surface area (Å²) in [7, 11) is 0. The zero-order valence-corrected chi connectivity index (χ0v) is 19.9. The Morgan fingerprint density at radius 1 is 1.11 bits per heavy atom. The van der Waals surface area contributed by atoms with Crippen LogP contribution in [0.25, 0.3) is 0 Å². The first-order chi connectivity index (χ1) is 16.9. The Kier molecular flexibility index (Phi) is 5.66. The van der Waals surface area contributed by atoms with Gasteiger partial charge in [-0.25, -0.2) is 4.39 Å². The molecule has 0 radical (unpaired) electrons. The van der Waals surface area contributed by atoms with Gasteiger partial charge >= 0.3 is 6.18 Å². The van der Waals surface area contributed by atoms with Crippen molar-refractivity contribution < 1.29 is 27.1 Å². The molecule has 0 spiro atoms. The quantitative estimate of drug-likeness (QED) is 0.288. The molecule has 0 fully saturated rings. The van der Waals surface area contributed by atoms with Gasteiger partial charge in [-0.2, -0.15) is 13.2 Å². The molecule has 1 atom stereocenters. The van der Waals surface area contributed by atoms with Crippen LogP contribution in [-0.4, -0.2) is 17.8 Å². The van der Waals surface area contributed by atoms with Crippen LogP contribution in [0.1, 0.15) is 35.3 Å². The molecule has 11 heteroatoms. The maximum Gasteiger partial charge on any atom is 0.416 e. The fraction of sp³-hybridized carbons (Fsp3) is 0.240. The lowest BCUT2D eigenvalue weighted by Crippen LogP contribution is -2.31. The molecule has 3 aromatic carbocycles. The van der Waals surface area contributed by atoms with E-state index in [-0.39, 0.29) is 16.3 Å². The maximum absolute atomic E-state index is 13.4. The highest BCUT2D eigenvalue weighted by Crippen LogP contribution is 2.48. The number of carbonyl (C=O) groups is 1. The summed E-state index contributed by atoms with van der Waals surface area (Å²) in [5, 5.41) is 12.5. The van der Waals surface area contributed by atoms with E-state index in [4.69, 9.17) is 16.3 Å². The third-order valence-corrected chi connectivity index (χ3v) is 6.21. The standard InChI is InChI=1S/C25H21ClF4N4O2/c1-24(2)11-16-20-19(33-23(34-20)32-18-8-5-13(27)9-17(18)26)10-15(21(16)36-24)22(35)31-14-6-3-12(4-7-14)25(28,29)30/h3-10,23,32-34H,11H2,1-2H3,(H,31,35). The minimum absolute atomic E-state index is 0.209. The van der Waals surface area contributed by atoms with Crippen molar-refractivity contribution in [1.82, 2.24) is 0 Å². The summed E-state index contributed by atoms with van der Waals surface area (Å²) < 4.78 is 58.1. The van der Waals surface area contributed by atoms with Gasteiger partial charge in [-0.3, -0.25) is 4.79 Å². The van der Waals surface area contributed by atoms with Crippen molar-refractivity contribution in [2.45, 2.75) is 38.3 Å². The summed E-state index contributed by atoms with van der Waals surface area (Å²) in [6.07, 6.45) is -4.46. The molecule has 0 aliphatic carbocycles. The van der Waals surface area contributed by atoms with Gasteiger partial charge in [-0.05, 0) is 62.4 Å². The molecule has 2 heterocycles. The summed E-state index contributed by atoms with van der Waals surface area (Å²) in [5.74, 6) is -0.578. The summed E-state index contributed by atoms with van der Waals surface area (Å²) in [6, 6.07) is 9.84. The van der Waals surface area contributed by atoms with Crippen LogP contribution >= 0.6 is 11.6 Å². The van der Waals surface area contributed by atoms with E-state index in [9.17, 15) is 22.4 Å². The van der Waals surface area contributed by atoms with Crippen LogP contribution in [0, 0.1) is 5.82 Å². The van der Waals surface area contributed by atoms with Gasteiger partial charge in [0.15, 0.2) is 6.29 Å². The van der Waals surface area contributed by atoms with Crippen molar-refractivity contribution >= 4 is 40.3 Å². The number of benzene rings is 3. The van der Waals surface area contributed by atoms with E-state index >= 15 is 0 Å². The van der Waals surface area contributed by atoms with Crippen LogP contribution in [0.5, 0.6) is 5.75 Å². The number of amides is 1. The smallest absolute Gasteiger partial charge is 0.416 e. The van der Waals surface area contributed by atoms with E-state index in [0.717, 1.165) is 23.4 Å². The number of hydrogen-bond donors (Lipinski definition) is 4. The number of nitrogens with one attached hydrogen (secondary N) is 4. The number of hydrogen-bond acceptors (Lipinski definition) is 5. The molecule has 0 bridgehead atoms. The van der Waals surface area contributed by atoms with E-state index in [1.165, 1.54) is 30.3 Å². The predicted molar refractivity (Wildman–Crippen MR) is 130 cm³/mol.